The van der Waals surface area contributed by atoms with Crippen LogP contribution in [0.1, 0.15) is 20.8 Å². The van der Waals surface area contributed by atoms with E-state index in [1.807, 2.05) is 31.2 Å². The van der Waals surface area contributed by atoms with Gasteiger partial charge in [0.15, 0.2) is 0 Å². The molecule has 0 fully saturated rings. The molecular formula is C14H10BrNOS. The van der Waals surface area contributed by atoms with Crippen LogP contribution in [0.4, 0.5) is 0 Å². The number of aryl methyl sites for hydroxylation is 1. The standard InChI is InChI=1S/C14H10BrNOS/c1-8-2-3-9-10(7-16-11(9)6-8)14(17)12-4-5-13(15)18-12/h2-7,16H,1H3. The molecule has 90 valence electrons. The van der Waals surface area contributed by atoms with Crippen LogP contribution < -0.4 is 0 Å². The maximum Gasteiger partial charge on any atom is 0.205 e. The van der Waals surface area contributed by atoms with Gasteiger partial charge in [-0.2, -0.15) is 0 Å². The lowest BCUT2D eigenvalue weighted by molar-refractivity contribution is 0.104. The minimum atomic E-state index is 0.0702. The minimum Gasteiger partial charge on any atom is -0.360 e. The quantitative estimate of drug-likeness (QED) is 0.691. The lowest BCUT2D eigenvalue weighted by Crippen LogP contribution is -1.96. The molecular weight excluding hydrogens is 310 g/mol. The molecule has 18 heavy (non-hydrogen) atoms. The molecule has 0 atom stereocenters. The number of halogens is 1. The molecule has 2 aromatic heterocycles. The van der Waals surface area contributed by atoms with Crippen LogP contribution in [0.25, 0.3) is 10.9 Å². The fraction of sp³-hybridized carbons (Fsp3) is 0.0714. The minimum absolute atomic E-state index is 0.0702. The van der Waals surface area contributed by atoms with Gasteiger partial charge in [0.05, 0.1) is 8.66 Å². The zero-order valence-corrected chi connectivity index (χ0v) is 12.1. The molecule has 0 aliphatic carbocycles. The Kier molecular flexibility index (Phi) is 2.84. The molecule has 3 rings (SSSR count). The van der Waals surface area contributed by atoms with E-state index in [0.717, 1.165) is 25.1 Å². The highest BCUT2D eigenvalue weighted by molar-refractivity contribution is 9.11. The van der Waals surface area contributed by atoms with E-state index < -0.39 is 0 Å². The Balaban J connectivity index is 2.12. The second-order valence-corrected chi connectivity index (χ2v) is 6.65. The third-order valence-electron chi connectivity index (χ3n) is 2.88. The highest BCUT2D eigenvalue weighted by Crippen LogP contribution is 2.27. The van der Waals surface area contributed by atoms with Gasteiger partial charge in [-0.15, -0.1) is 11.3 Å². The van der Waals surface area contributed by atoms with Crippen molar-refractivity contribution in [2.75, 3.05) is 0 Å². The first-order valence-corrected chi connectivity index (χ1v) is 7.14. The predicted octanol–water partition coefficient (Wildman–Crippen LogP) is 4.53. The monoisotopic (exact) mass is 319 g/mol. The topological polar surface area (TPSA) is 32.9 Å². The van der Waals surface area contributed by atoms with Gasteiger partial charge in [0.2, 0.25) is 5.78 Å². The molecule has 0 amide bonds. The average Bonchev–Trinajstić information content (AvgIpc) is 2.94. The lowest BCUT2D eigenvalue weighted by Gasteiger charge is -1.97. The van der Waals surface area contributed by atoms with Crippen molar-refractivity contribution < 1.29 is 4.79 Å². The summed E-state index contributed by atoms with van der Waals surface area (Å²) >= 11 is 4.84. The fourth-order valence-electron chi connectivity index (χ4n) is 2.00. The van der Waals surface area contributed by atoms with Gasteiger partial charge in [-0.1, -0.05) is 12.1 Å². The molecule has 0 radical (unpaired) electrons. The van der Waals surface area contributed by atoms with Gasteiger partial charge >= 0.3 is 0 Å². The number of hydrogen-bond donors (Lipinski definition) is 1. The van der Waals surface area contributed by atoms with E-state index in [1.54, 1.807) is 6.20 Å². The largest absolute Gasteiger partial charge is 0.360 e. The summed E-state index contributed by atoms with van der Waals surface area (Å²) in [5.74, 6) is 0.0702. The molecule has 0 aliphatic rings. The number of carbonyl (C=O) groups is 1. The van der Waals surface area contributed by atoms with Crippen LogP contribution >= 0.6 is 27.3 Å². The summed E-state index contributed by atoms with van der Waals surface area (Å²) in [6.45, 7) is 2.04. The van der Waals surface area contributed by atoms with Crippen LogP contribution in [0.3, 0.4) is 0 Å². The number of aromatic nitrogens is 1. The van der Waals surface area contributed by atoms with Crippen LogP contribution in [-0.2, 0) is 0 Å². The van der Waals surface area contributed by atoms with Crippen molar-refractivity contribution in [2.24, 2.45) is 0 Å². The van der Waals surface area contributed by atoms with Gasteiger partial charge in [-0.3, -0.25) is 4.79 Å². The van der Waals surface area contributed by atoms with Crippen molar-refractivity contribution in [2.45, 2.75) is 6.92 Å². The highest BCUT2D eigenvalue weighted by atomic mass is 79.9. The Morgan fingerprint density at radius 2 is 2.11 bits per heavy atom. The van der Waals surface area contributed by atoms with Gasteiger partial charge in [0, 0.05) is 22.7 Å². The van der Waals surface area contributed by atoms with E-state index >= 15 is 0 Å². The first-order valence-electron chi connectivity index (χ1n) is 5.53. The molecule has 0 spiro atoms. The van der Waals surface area contributed by atoms with Crippen molar-refractivity contribution in [3.8, 4) is 0 Å². The molecule has 0 aliphatic heterocycles. The molecule has 1 aromatic carbocycles. The summed E-state index contributed by atoms with van der Waals surface area (Å²) in [4.78, 5) is 16.3. The number of fused-ring (bicyclic) bond motifs is 1. The lowest BCUT2D eigenvalue weighted by atomic mass is 10.1. The van der Waals surface area contributed by atoms with Gasteiger partial charge in [0.25, 0.3) is 0 Å². The van der Waals surface area contributed by atoms with E-state index in [0.29, 0.717) is 0 Å². The number of benzene rings is 1. The van der Waals surface area contributed by atoms with Crippen LogP contribution in [0.5, 0.6) is 0 Å². The van der Waals surface area contributed by atoms with Gasteiger partial charge in [-0.05, 0) is 46.6 Å². The molecule has 1 N–H and O–H groups in total. The summed E-state index contributed by atoms with van der Waals surface area (Å²) in [5.41, 5.74) is 2.93. The van der Waals surface area contributed by atoms with E-state index in [1.165, 1.54) is 16.9 Å². The van der Waals surface area contributed by atoms with Crippen LogP contribution in [0, 0.1) is 6.92 Å². The fourth-order valence-corrected chi connectivity index (χ4v) is 3.34. The Morgan fingerprint density at radius 1 is 1.28 bits per heavy atom. The van der Waals surface area contributed by atoms with E-state index in [4.69, 9.17) is 0 Å². The summed E-state index contributed by atoms with van der Waals surface area (Å²) in [6, 6.07) is 9.83. The molecule has 0 saturated carbocycles. The number of H-pyrrole nitrogens is 1. The van der Waals surface area contributed by atoms with E-state index in [-0.39, 0.29) is 5.78 Å². The van der Waals surface area contributed by atoms with Crippen molar-refractivity contribution in [3.63, 3.8) is 0 Å². The Morgan fingerprint density at radius 3 is 2.83 bits per heavy atom. The second-order valence-electron chi connectivity index (χ2n) is 4.18. The van der Waals surface area contributed by atoms with Crippen LogP contribution in [0.2, 0.25) is 0 Å². The molecule has 4 heteroatoms. The first-order chi connectivity index (χ1) is 8.65. The number of hydrogen-bond acceptors (Lipinski definition) is 2. The van der Waals surface area contributed by atoms with Crippen molar-refractivity contribution in [1.82, 2.24) is 4.98 Å². The molecule has 2 heterocycles. The average molecular weight is 320 g/mol. The Hall–Kier alpha value is -1.39. The van der Waals surface area contributed by atoms with Crippen molar-refractivity contribution >= 4 is 44.0 Å². The molecule has 0 unspecified atom stereocenters. The summed E-state index contributed by atoms with van der Waals surface area (Å²) < 4.78 is 0.974. The van der Waals surface area contributed by atoms with E-state index in [9.17, 15) is 4.79 Å². The molecule has 0 saturated heterocycles. The van der Waals surface area contributed by atoms with Gasteiger partial charge in [0.1, 0.15) is 0 Å². The Bertz CT molecular complexity index is 741. The number of ketones is 1. The number of aromatic amines is 1. The number of carbonyl (C=O) groups excluding carboxylic acids is 1. The number of nitrogens with one attached hydrogen (secondary N) is 1. The second kappa shape index (κ2) is 4.37. The number of rotatable bonds is 2. The highest BCUT2D eigenvalue weighted by Gasteiger charge is 2.15. The van der Waals surface area contributed by atoms with Gasteiger partial charge < -0.3 is 4.98 Å². The van der Waals surface area contributed by atoms with Crippen LogP contribution in [0.15, 0.2) is 40.3 Å². The predicted molar refractivity (Wildman–Crippen MR) is 78.5 cm³/mol. The molecule has 3 aromatic rings. The summed E-state index contributed by atoms with van der Waals surface area (Å²) in [7, 11) is 0. The SMILES string of the molecule is Cc1ccc2c(C(=O)c3ccc(Br)s3)c[nH]c2c1. The maximum absolute atomic E-state index is 12.4. The zero-order chi connectivity index (χ0) is 12.7. The number of thiophene rings is 1. The van der Waals surface area contributed by atoms with Gasteiger partial charge in [-0.25, -0.2) is 0 Å². The smallest absolute Gasteiger partial charge is 0.205 e. The van der Waals surface area contributed by atoms with Crippen molar-refractivity contribution in [1.29, 1.82) is 0 Å². The third-order valence-corrected chi connectivity index (χ3v) is 4.50. The molecule has 0 bridgehead atoms. The molecule has 2 nitrogen and oxygen atoms in total. The third kappa shape index (κ3) is 1.91. The normalized spacial score (nSPS) is 11.0. The first kappa shape index (κ1) is 11.7. The Labute approximate surface area is 117 Å². The maximum atomic E-state index is 12.4. The van der Waals surface area contributed by atoms with Crippen molar-refractivity contribution in [3.05, 3.63) is 56.3 Å². The van der Waals surface area contributed by atoms with Crippen LogP contribution in [-0.4, -0.2) is 10.8 Å². The summed E-state index contributed by atoms with van der Waals surface area (Å²) in [6.07, 6.45) is 1.79. The summed E-state index contributed by atoms with van der Waals surface area (Å²) in [5, 5.41) is 0.982. The van der Waals surface area contributed by atoms with E-state index in [2.05, 4.69) is 27.0 Å². The zero-order valence-electron chi connectivity index (χ0n) is 9.66.